The summed E-state index contributed by atoms with van der Waals surface area (Å²) < 4.78 is 5.14. The maximum absolute atomic E-state index is 2.41. The van der Waals surface area contributed by atoms with Crippen molar-refractivity contribution < 1.29 is 0 Å². The molecule has 0 amide bonds. The summed E-state index contributed by atoms with van der Waals surface area (Å²) >= 11 is 1.89. The SMILES string of the molecule is Cc1ccc2c(c1)c1sc3ccccc3c1n2-c1ccccc1. The molecule has 1 nitrogen and oxygen atoms in total. The fraction of sp³-hybridized carbons (Fsp3) is 0.0476. The lowest BCUT2D eigenvalue weighted by atomic mass is 10.2. The molecular formula is C21H15NS. The quantitative estimate of drug-likeness (QED) is 0.342. The van der Waals surface area contributed by atoms with Crippen molar-refractivity contribution in [3.05, 3.63) is 78.4 Å². The number of thiophene rings is 1. The molecule has 5 aromatic rings. The second kappa shape index (κ2) is 4.71. The van der Waals surface area contributed by atoms with E-state index in [1.54, 1.807) is 0 Å². The number of aryl methyl sites for hydroxylation is 1. The Morgan fingerprint density at radius 1 is 0.783 bits per heavy atom. The highest BCUT2D eigenvalue weighted by atomic mass is 32.1. The first kappa shape index (κ1) is 12.9. The Balaban J connectivity index is 2.07. The molecule has 2 heterocycles. The fourth-order valence-corrected chi connectivity index (χ4v) is 4.64. The van der Waals surface area contributed by atoms with E-state index in [1.165, 1.54) is 42.5 Å². The predicted molar refractivity (Wildman–Crippen MR) is 101 cm³/mol. The third-order valence-corrected chi connectivity index (χ3v) is 5.64. The van der Waals surface area contributed by atoms with E-state index in [1.807, 2.05) is 11.3 Å². The minimum Gasteiger partial charge on any atom is -0.308 e. The maximum Gasteiger partial charge on any atom is 0.0727 e. The Morgan fingerprint density at radius 2 is 1.57 bits per heavy atom. The third-order valence-electron chi connectivity index (χ3n) is 4.44. The number of nitrogens with zero attached hydrogens (tertiary/aromatic N) is 1. The number of hydrogen-bond acceptors (Lipinski definition) is 1. The number of rotatable bonds is 1. The van der Waals surface area contributed by atoms with Crippen LogP contribution in [-0.2, 0) is 0 Å². The fourth-order valence-electron chi connectivity index (χ4n) is 3.43. The van der Waals surface area contributed by atoms with Gasteiger partial charge >= 0.3 is 0 Å². The van der Waals surface area contributed by atoms with Crippen molar-refractivity contribution in [3.63, 3.8) is 0 Å². The van der Waals surface area contributed by atoms with Crippen LogP contribution in [0.5, 0.6) is 0 Å². The van der Waals surface area contributed by atoms with Gasteiger partial charge in [-0.3, -0.25) is 0 Å². The summed E-state index contributed by atoms with van der Waals surface area (Å²) in [5.74, 6) is 0. The van der Waals surface area contributed by atoms with Crippen LogP contribution >= 0.6 is 11.3 Å². The minimum atomic E-state index is 1.22. The number of aromatic nitrogens is 1. The highest BCUT2D eigenvalue weighted by Crippen LogP contribution is 2.42. The summed E-state index contributed by atoms with van der Waals surface area (Å²) in [5.41, 5.74) is 5.15. The highest BCUT2D eigenvalue weighted by Gasteiger charge is 2.17. The summed E-state index contributed by atoms with van der Waals surface area (Å²) in [6.07, 6.45) is 0. The van der Waals surface area contributed by atoms with Crippen LogP contribution in [0.15, 0.2) is 72.8 Å². The lowest BCUT2D eigenvalue weighted by Gasteiger charge is -2.07. The Kier molecular flexibility index (Phi) is 2.64. The summed E-state index contributed by atoms with van der Waals surface area (Å²) in [5, 5.41) is 2.69. The van der Waals surface area contributed by atoms with E-state index < -0.39 is 0 Å². The first-order valence-corrected chi connectivity index (χ1v) is 8.62. The van der Waals surface area contributed by atoms with Crippen LogP contribution in [0.1, 0.15) is 5.56 Å². The van der Waals surface area contributed by atoms with Crippen LogP contribution in [0.3, 0.4) is 0 Å². The van der Waals surface area contributed by atoms with E-state index in [2.05, 4.69) is 84.3 Å². The summed E-state index contributed by atoms with van der Waals surface area (Å²) in [6.45, 7) is 2.17. The van der Waals surface area contributed by atoms with Crippen LogP contribution in [0.4, 0.5) is 0 Å². The number of hydrogen-bond donors (Lipinski definition) is 0. The van der Waals surface area contributed by atoms with Gasteiger partial charge in [0.25, 0.3) is 0 Å². The molecule has 0 N–H and O–H groups in total. The van der Waals surface area contributed by atoms with Crippen LogP contribution < -0.4 is 0 Å². The van der Waals surface area contributed by atoms with Gasteiger partial charge in [0.2, 0.25) is 0 Å². The van der Waals surface area contributed by atoms with Gasteiger partial charge in [0.05, 0.1) is 15.7 Å². The van der Waals surface area contributed by atoms with E-state index in [4.69, 9.17) is 0 Å². The van der Waals surface area contributed by atoms with Gasteiger partial charge < -0.3 is 4.57 Å². The lowest BCUT2D eigenvalue weighted by molar-refractivity contribution is 1.19. The van der Waals surface area contributed by atoms with Crippen molar-refractivity contribution in [2.24, 2.45) is 0 Å². The average molecular weight is 313 g/mol. The maximum atomic E-state index is 2.41. The highest BCUT2D eigenvalue weighted by molar-refractivity contribution is 7.26. The molecule has 0 spiro atoms. The Morgan fingerprint density at radius 3 is 2.43 bits per heavy atom. The summed E-state index contributed by atoms with van der Waals surface area (Å²) in [6, 6.07) is 26.1. The molecule has 2 aromatic heterocycles. The summed E-state index contributed by atoms with van der Waals surface area (Å²) in [7, 11) is 0. The van der Waals surface area contributed by atoms with E-state index >= 15 is 0 Å². The van der Waals surface area contributed by atoms with Gasteiger partial charge in [-0.1, -0.05) is 48.0 Å². The molecule has 2 heteroatoms. The molecule has 0 aliphatic carbocycles. The Labute approximate surface area is 138 Å². The van der Waals surface area contributed by atoms with Gasteiger partial charge in [0, 0.05) is 21.2 Å². The minimum absolute atomic E-state index is 1.22. The van der Waals surface area contributed by atoms with Crippen molar-refractivity contribution >= 4 is 42.5 Å². The smallest absolute Gasteiger partial charge is 0.0727 e. The van der Waals surface area contributed by atoms with Crippen LogP contribution in [0.25, 0.3) is 36.9 Å². The molecule has 5 rings (SSSR count). The number of fused-ring (bicyclic) bond motifs is 5. The van der Waals surface area contributed by atoms with Gasteiger partial charge in [0.15, 0.2) is 0 Å². The Bertz CT molecular complexity index is 1160. The molecular weight excluding hydrogens is 298 g/mol. The molecule has 110 valence electrons. The summed E-state index contributed by atoms with van der Waals surface area (Å²) in [4.78, 5) is 0. The van der Waals surface area contributed by atoms with E-state index in [0.29, 0.717) is 0 Å². The van der Waals surface area contributed by atoms with E-state index in [-0.39, 0.29) is 0 Å². The first-order chi connectivity index (χ1) is 11.3. The van der Waals surface area contributed by atoms with Crippen molar-refractivity contribution in [2.75, 3.05) is 0 Å². The van der Waals surface area contributed by atoms with Crippen molar-refractivity contribution in [3.8, 4) is 5.69 Å². The van der Waals surface area contributed by atoms with Crippen molar-refractivity contribution in [1.82, 2.24) is 4.57 Å². The normalized spacial score (nSPS) is 11.7. The predicted octanol–water partition coefficient (Wildman–Crippen LogP) is 6.31. The number of benzene rings is 3. The molecule has 0 saturated heterocycles. The second-order valence-corrected chi connectivity index (χ2v) is 7.02. The van der Waals surface area contributed by atoms with Crippen LogP contribution in [-0.4, -0.2) is 4.57 Å². The standard InChI is InChI=1S/C21H15NS/c1-14-11-12-18-17(13-14)21-20(16-9-5-6-10-19(16)23-21)22(18)15-7-3-2-4-8-15/h2-13H,1H3. The van der Waals surface area contributed by atoms with Gasteiger partial charge in [-0.05, 0) is 37.3 Å². The van der Waals surface area contributed by atoms with E-state index in [0.717, 1.165) is 0 Å². The largest absolute Gasteiger partial charge is 0.308 e. The topological polar surface area (TPSA) is 4.93 Å². The zero-order valence-corrected chi connectivity index (χ0v) is 13.6. The van der Waals surface area contributed by atoms with Gasteiger partial charge in [-0.2, -0.15) is 0 Å². The lowest BCUT2D eigenvalue weighted by Crippen LogP contribution is -1.92. The average Bonchev–Trinajstić information content (AvgIpc) is 3.10. The monoisotopic (exact) mass is 313 g/mol. The van der Waals surface area contributed by atoms with Crippen molar-refractivity contribution in [1.29, 1.82) is 0 Å². The van der Waals surface area contributed by atoms with Crippen LogP contribution in [0.2, 0.25) is 0 Å². The third kappa shape index (κ3) is 1.79. The first-order valence-electron chi connectivity index (χ1n) is 7.81. The second-order valence-electron chi connectivity index (χ2n) is 5.97. The molecule has 0 aliphatic heterocycles. The van der Waals surface area contributed by atoms with Gasteiger partial charge in [-0.15, -0.1) is 11.3 Å². The molecule has 23 heavy (non-hydrogen) atoms. The molecule has 0 aliphatic rings. The molecule has 0 unspecified atom stereocenters. The van der Waals surface area contributed by atoms with Gasteiger partial charge in [-0.25, -0.2) is 0 Å². The van der Waals surface area contributed by atoms with Gasteiger partial charge in [0.1, 0.15) is 0 Å². The zero-order chi connectivity index (χ0) is 15.4. The van der Waals surface area contributed by atoms with Crippen LogP contribution in [0, 0.1) is 6.92 Å². The molecule has 0 radical (unpaired) electrons. The van der Waals surface area contributed by atoms with E-state index in [9.17, 15) is 0 Å². The number of para-hydroxylation sites is 1. The molecule has 0 atom stereocenters. The molecule has 0 fully saturated rings. The molecule has 0 saturated carbocycles. The molecule has 3 aromatic carbocycles. The molecule has 0 bridgehead atoms. The Hall–Kier alpha value is -2.58. The zero-order valence-electron chi connectivity index (χ0n) is 12.8. The van der Waals surface area contributed by atoms with Crippen molar-refractivity contribution in [2.45, 2.75) is 6.92 Å².